The van der Waals surface area contributed by atoms with Gasteiger partial charge in [-0.05, 0) is 17.5 Å². The highest BCUT2D eigenvalue weighted by atomic mass is 28.3. The molecule has 0 saturated heterocycles. The molecule has 1 nitrogen and oxygen atoms in total. The van der Waals surface area contributed by atoms with Gasteiger partial charge in [-0.25, -0.2) is 0 Å². The maximum atomic E-state index is 5.56. The third-order valence-corrected chi connectivity index (χ3v) is 8.81. The Morgan fingerprint density at radius 2 is 1.71 bits per heavy atom. The van der Waals surface area contributed by atoms with Crippen LogP contribution in [0.5, 0.6) is 0 Å². The zero-order valence-electron chi connectivity index (χ0n) is 14.5. The third kappa shape index (κ3) is 5.10. The molecule has 0 saturated carbocycles. The molecule has 2 heteroatoms. The van der Waals surface area contributed by atoms with E-state index < -0.39 is 8.07 Å². The van der Waals surface area contributed by atoms with Crippen LogP contribution in [0.3, 0.4) is 0 Å². The SMILES string of the molecule is CO/C(Cc1ccccc1)=C(\C)C#C[Si](C)(C)C(C)(C)C. The predicted octanol–water partition coefficient (Wildman–Crippen LogP) is 5.20. The van der Waals surface area contributed by atoms with Gasteiger partial charge in [0.1, 0.15) is 13.8 Å². The Morgan fingerprint density at radius 1 is 1.14 bits per heavy atom. The van der Waals surface area contributed by atoms with Crippen molar-refractivity contribution in [3.05, 3.63) is 47.2 Å². The number of ether oxygens (including phenoxy) is 1. The van der Waals surface area contributed by atoms with Crippen molar-refractivity contribution in [3.8, 4) is 11.5 Å². The molecule has 1 rings (SSSR count). The molecular weight excluding hydrogens is 272 g/mol. The van der Waals surface area contributed by atoms with Gasteiger partial charge < -0.3 is 4.74 Å². The van der Waals surface area contributed by atoms with E-state index in [0.717, 1.165) is 17.8 Å². The highest BCUT2D eigenvalue weighted by Gasteiger charge is 2.33. The summed E-state index contributed by atoms with van der Waals surface area (Å²) in [6, 6.07) is 10.4. The first kappa shape index (κ1) is 17.6. The second kappa shape index (κ2) is 7.00. The van der Waals surface area contributed by atoms with E-state index in [1.807, 2.05) is 6.07 Å². The summed E-state index contributed by atoms with van der Waals surface area (Å²) in [6.45, 7) is 13.6. The van der Waals surface area contributed by atoms with E-state index in [1.165, 1.54) is 5.56 Å². The highest BCUT2D eigenvalue weighted by Crippen LogP contribution is 2.35. The molecule has 1 aromatic carbocycles. The molecule has 1 aromatic rings. The quantitative estimate of drug-likeness (QED) is 0.423. The summed E-state index contributed by atoms with van der Waals surface area (Å²) >= 11 is 0. The molecule has 114 valence electrons. The van der Waals surface area contributed by atoms with Crippen LogP contribution in [0.4, 0.5) is 0 Å². The van der Waals surface area contributed by atoms with E-state index in [-0.39, 0.29) is 5.04 Å². The van der Waals surface area contributed by atoms with Crippen molar-refractivity contribution in [2.24, 2.45) is 0 Å². The minimum atomic E-state index is -1.57. The van der Waals surface area contributed by atoms with Crippen LogP contribution in [-0.4, -0.2) is 15.2 Å². The van der Waals surface area contributed by atoms with Crippen molar-refractivity contribution in [1.82, 2.24) is 0 Å². The summed E-state index contributed by atoms with van der Waals surface area (Å²) in [6.07, 6.45) is 0.801. The van der Waals surface area contributed by atoms with Gasteiger partial charge in [0.2, 0.25) is 0 Å². The van der Waals surface area contributed by atoms with E-state index in [4.69, 9.17) is 4.74 Å². The van der Waals surface area contributed by atoms with Gasteiger partial charge >= 0.3 is 0 Å². The molecule has 0 fully saturated rings. The molecule has 0 aliphatic carbocycles. The number of hydrogen-bond acceptors (Lipinski definition) is 1. The van der Waals surface area contributed by atoms with Crippen LogP contribution in [-0.2, 0) is 11.2 Å². The molecule has 0 spiro atoms. The Kier molecular flexibility index (Phi) is 5.86. The van der Waals surface area contributed by atoms with E-state index in [2.05, 4.69) is 76.5 Å². The molecular formula is C19H28OSi. The lowest BCUT2D eigenvalue weighted by molar-refractivity contribution is 0.280. The fraction of sp³-hybridized carbons (Fsp3) is 0.474. The Morgan fingerprint density at radius 3 is 2.19 bits per heavy atom. The minimum absolute atomic E-state index is 0.285. The first-order chi connectivity index (χ1) is 9.67. The van der Waals surface area contributed by atoms with Crippen molar-refractivity contribution in [2.45, 2.75) is 52.2 Å². The average Bonchev–Trinajstić information content (AvgIpc) is 2.42. The van der Waals surface area contributed by atoms with Crippen molar-refractivity contribution >= 4 is 8.07 Å². The number of methoxy groups -OCH3 is 1. The summed E-state index contributed by atoms with van der Waals surface area (Å²) in [5.41, 5.74) is 5.85. The number of hydrogen-bond donors (Lipinski definition) is 0. The van der Waals surface area contributed by atoms with E-state index >= 15 is 0 Å². The lowest BCUT2D eigenvalue weighted by Crippen LogP contribution is -2.35. The van der Waals surface area contributed by atoms with Crippen LogP contribution in [0, 0.1) is 11.5 Å². The van der Waals surface area contributed by atoms with Crippen molar-refractivity contribution < 1.29 is 4.74 Å². The first-order valence-corrected chi connectivity index (χ1v) is 10.5. The smallest absolute Gasteiger partial charge is 0.138 e. The number of benzene rings is 1. The summed E-state index contributed by atoms with van der Waals surface area (Å²) in [4.78, 5) is 0. The normalized spacial score (nSPS) is 13.1. The fourth-order valence-corrected chi connectivity index (χ4v) is 2.52. The van der Waals surface area contributed by atoms with Crippen LogP contribution in [0.15, 0.2) is 41.7 Å². The zero-order valence-corrected chi connectivity index (χ0v) is 15.5. The molecule has 0 aromatic heterocycles. The van der Waals surface area contributed by atoms with Crippen LogP contribution >= 0.6 is 0 Å². The lowest BCUT2D eigenvalue weighted by atomic mass is 10.1. The van der Waals surface area contributed by atoms with Crippen molar-refractivity contribution in [2.75, 3.05) is 7.11 Å². The summed E-state index contributed by atoms with van der Waals surface area (Å²) in [7, 11) is 0.163. The van der Waals surface area contributed by atoms with Gasteiger partial charge in [-0.2, -0.15) is 0 Å². The fourth-order valence-electron chi connectivity index (χ4n) is 1.65. The topological polar surface area (TPSA) is 9.23 Å². The van der Waals surface area contributed by atoms with Gasteiger partial charge in [0, 0.05) is 12.0 Å². The van der Waals surface area contributed by atoms with Gasteiger partial charge in [0.15, 0.2) is 0 Å². The molecule has 0 aliphatic heterocycles. The predicted molar refractivity (Wildman–Crippen MR) is 94.8 cm³/mol. The lowest BCUT2D eigenvalue weighted by Gasteiger charge is -2.31. The molecule has 0 heterocycles. The Hall–Kier alpha value is -1.46. The number of rotatable bonds is 3. The maximum absolute atomic E-state index is 5.56. The molecule has 0 unspecified atom stereocenters. The van der Waals surface area contributed by atoms with Gasteiger partial charge in [-0.1, -0.05) is 70.1 Å². The maximum Gasteiger partial charge on any atom is 0.138 e. The molecule has 0 amide bonds. The van der Waals surface area contributed by atoms with Crippen LogP contribution < -0.4 is 0 Å². The molecule has 0 radical (unpaired) electrons. The summed E-state index contributed by atoms with van der Waals surface area (Å²) in [5, 5.41) is 0.285. The summed E-state index contributed by atoms with van der Waals surface area (Å²) in [5.74, 6) is 4.33. The molecule has 0 aliphatic rings. The van der Waals surface area contributed by atoms with E-state index in [1.54, 1.807) is 7.11 Å². The molecule has 0 atom stereocenters. The van der Waals surface area contributed by atoms with Crippen LogP contribution in [0.2, 0.25) is 18.1 Å². The standard InChI is InChI=1S/C19H28OSi/c1-16(13-14-21(6,7)19(2,3)4)18(20-5)15-17-11-9-8-10-12-17/h8-12H,15H2,1-7H3/b18-16+. The van der Waals surface area contributed by atoms with Gasteiger partial charge in [-0.3, -0.25) is 0 Å². The van der Waals surface area contributed by atoms with Crippen LogP contribution in [0.1, 0.15) is 33.3 Å². The van der Waals surface area contributed by atoms with Crippen molar-refractivity contribution in [1.29, 1.82) is 0 Å². The van der Waals surface area contributed by atoms with Gasteiger partial charge in [0.05, 0.1) is 7.11 Å². The average molecular weight is 301 g/mol. The molecule has 21 heavy (non-hydrogen) atoms. The monoisotopic (exact) mass is 300 g/mol. The third-order valence-electron chi connectivity index (χ3n) is 4.31. The highest BCUT2D eigenvalue weighted by molar-refractivity contribution is 6.87. The zero-order chi connectivity index (χ0) is 16.1. The van der Waals surface area contributed by atoms with Gasteiger partial charge in [-0.15, -0.1) is 5.54 Å². The Labute approximate surface area is 131 Å². The first-order valence-electron chi connectivity index (χ1n) is 7.48. The van der Waals surface area contributed by atoms with Crippen molar-refractivity contribution in [3.63, 3.8) is 0 Å². The molecule has 0 N–H and O–H groups in total. The number of allylic oxidation sites excluding steroid dienone is 2. The summed E-state index contributed by atoms with van der Waals surface area (Å²) < 4.78 is 5.56. The minimum Gasteiger partial charge on any atom is -0.500 e. The second-order valence-corrected chi connectivity index (χ2v) is 12.0. The Balaban J connectivity index is 3.00. The molecule has 0 bridgehead atoms. The largest absolute Gasteiger partial charge is 0.500 e. The second-order valence-electron chi connectivity index (χ2n) is 7.04. The van der Waals surface area contributed by atoms with Gasteiger partial charge in [0.25, 0.3) is 0 Å². The van der Waals surface area contributed by atoms with E-state index in [9.17, 15) is 0 Å². The van der Waals surface area contributed by atoms with E-state index in [0.29, 0.717) is 0 Å². The Bertz CT molecular complexity index is 551. The van der Waals surface area contributed by atoms with Crippen LogP contribution in [0.25, 0.3) is 0 Å².